The summed E-state index contributed by atoms with van der Waals surface area (Å²) in [5.41, 5.74) is 0.920. The minimum absolute atomic E-state index is 0.0197. The second-order valence-corrected chi connectivity index (χ2v) is 5.83. The Morgan fingerprint density at radius 3 is 2.77 bits per heavy atom. The molecule has 1 aromatic carbocycles. The molecular formula is C15H17ClN4OS. The van der Waals surface area contributed by atoms with Crippen molar-refractivity contribution in [3.8, 4) is 11.4 Å². The molecule has 0 saturated carbocycles. The largest absolute Gasteiger partial charge is 0.356 e. The molecule has 1 N–H and O–H groups in total. The van der Waals surface area contributed by atoms with Crippen LogP contribution < -0.4 is 5.32 Å². The summed E-state index contributed by atoms with van der Waals surface area (Å²) in [7, 11) is 0. The highest BCUT2D eigenvalue weighted by molar-refractivity contribution is 7.99. The van der Waals surface area contributed by atoms with Crippen LogP contribution in [0.5, 0.6) is 0 Å². The normalized spacial score (nSPS) is 10.5. The first-order valence-electron chi connectivity index (χ1n) is 6.85. The topological polar surface area (TPSA) is 59.8 Å². The Labute approximate surface area is 138 Å². The molecule has 2 aromatic rings. The molecule has 5 nitrogen and oxygen atoms in total. The lowest BCUT2D eigenvalue weighted by atomic mass is 10.2. The van der Waals surface area contributed by atoms with Gasteiger partial charge in [-0.15, -0.1) is 16.8 Å². The molecule has 22 heavy (non-hydrogen) atoms. The van der Waals surface area contributed by atoms with Crippen LogP contribution in [0.3, 0.4) is 0 Å². The van der Waals surface area contributed by atoms with Gasteiger partial charge in [0.05, 0.1) is 5.75 Å². The van der Waals surface area contributed by atoms with Gasteiger partial charge in [0.1, 0.15) is 0 Å². The number of rotatable bonds is 7. The van der Waals surface area contributed by atoms with E-state index in [9.17, 15) is 4.79 Å². The van der Waals surface area contributed by atoms with E-state index in [1.165, 1.54) is 11.8 Å². The van der Waals surface area contributed by atoms with E-state index in [-0.39, 0.29) is 5.91 Å². The molecule has 1 aromatic heterocycles. The molecule has 116 valence electrons. The molecule has 0 aliphatic heterocycles. The van der Waals surface area contributed by atoms with Crippen LogP contribution in [0.4, 0.5) is 0 Å². The Morgan fingerprint density at radius 1 is 1.41 bits per heavy atom. The predicted octanol–water partition coefficient (Wildman–Crippen LogP) is 3.01. The summed E-state index contributed by atoms with van der Waals surface area (Å²) in [4.78, 5) is 11.6. The average molecular weight is 337 g/mol. The second kappa shape index (κ2) is 8.00. The van der Waals surface area contributed by atoms with Crippen molar-refractivity contribution in [1.82, 2.24) is 20.1 Å². The molecule has 1 heterocycles. The van der Waals surface area contributed by atoms with Crippen molar-refractivity contribution >= 4 is 29.3 Å². The van der Waals surface area contributed by atoms with Crippen LogP contribution in [0.25, 0.3) is 11.4 Å². The number of halogens is 1. The van der Waals surface area contributed by atoms with Crippen molar-refractivity contribution in [3.05, 3.63) is 41.9 Å². The molecule has 0 radical (unpaired) electrons. The number of carbonyl (C=O) groups is 1. The van der Waals surface area contributed by atoms with E-state index in [0.717, 1.165) is 11.4 Å². The average Bonchev–Trinajstić information content (AvgIpc) is 2.90. The minimum Gasteiger partial charge on any atom is -0.356 e. The van der Waals surface area contributed by atoms with Crippen LogP contribution in [0, 0.1) is 0 Å². The van der Waals surface area contributed by atoms with E-state index in [2.05, 4.69) is 22.1 Å². The summed E-state index contributed by atoms with van der Waals surface area (Å²) >= 11 is 7.27. The third kappa shape index (κ3) is 4.11. The first kappa shape index (κ1) is 16.6. The Kier molecular flexibility index (Phi) is 6.03. The Hall–Kier alpha value is -1.79. The minimum atomic E-state index is -0.0197. The number of nitrogens with one attached hydrogen (secondary N) is 1. The number of carbonyl (C=O) groups excluding carboxylic acids is 1. The molecular weight excluding hydrogens is 320 g/mol. The van der Waals surface area contributed by atoms with E-state index in [1.54, 1.807) is 6.08 Å². The number of hydrogen-bond acceptors (Lipinski definition) is 4. The highest BCUT2D eigenvalue weighted by Crippen LogP contribution is 2.25. The van der Waals surface area contributed by atoms with Crippen LogP contribution in [0.2, 0.25) is 5.02 Å². The highest BCUT2D eigenvalue weighted by Gasteiger charge is 2.14. The zero-order chi connectivity index (χ0) is 15.9. The number of amides is 1. The second-order valence-electron chi connectivity index (χ2n) is 4.45. The van der Waals surface area contributed by atoms with Crippen LogP contribution in [-0.4, -0.2) is 33.0 Å². The van der Waals surface area contributed by atoms with Gasteiger partial charge in [-0.05, 0) is 31.2 Å². The van der Waals surface area contributed by atoms with Crippen LogP contribution in [0.15, 0.2) is 42.1 Å². The van der Waals surface area contributed by atoms with Crippen LogP contribution in [0.1, 0.15) is 6.92 Å². The van der Waals surface area contributed by atoms with Crippen LogP contribution in [-0.2, 0) is 11.3 Å². The van der Waals surface area contributed by atoms with Crippen molar-refractivity contribution in [3.63, 3.8) is 0 Å². The summed E-state index contributed by atoms with van der Waals surface area (Å²) in [5, 5.41) is 12.5. The van der Waals surface area contributed by atoms with Crippen molar-refractivity contribution in [2.24, 2.45) is 0 Å². The van der Waals surface area contributed by atoms with Gasteiger partial charge in [-0.25, -0.2) is 0 Å². The first-order valence-corrected chi connectivity index (χ1v) is 8.21. The van der Waals surface area contributed by atoms with Crippen molar-refractivity contribution in [1.29, 1.82) is 0 Å². The van der Waals surface area contributed by atoms with E-state index in [1.807, 2.05) is 35.8 Å². The highest BCUT2D eigenvalue weighted by atomic mass is 35.5. The molecule has 0 unspecified atom stereocenters. The first-order chi connectivity index (χ1) is 10.7. The fourth-order valence-electron chi connectivity index (χ4n) is 1.88. The SMILES string of the molecule is C=CCn1c(SCC(=O)NCC)nnc1-c1ccc(Cl)cc1. The molecule has 0 aliphatic carbocycles. The lowest BCUT2D eigenvalue weighted by molar-refractivity contribution is -0.118. The lowest BCUT2D eigenvalue weighted by Crippen LogP contribution is -2.24. The number of hydrogen-bond donors (Lipinski definition) is 1. The zero-order valence-electron chi connectivity index (χ0n) is 12.3. The van der Waals surface area contributed by atoms with Crippen molar-refractivity contribution < 1.29 is 4.79 Å². The molecule has 0 bridgehead atoms. The summed E-state index contributed by atoms with van der Waals surface area (Å²) in [6.45, 7) is 6.85. The third-order valence-corrected chi connectivity index (χ3v) is 4.06. The zero-order valence-corrected chi connectivity index (χ0v) is 13.8. The standard InChI is InChI=1S/C15H17ClN4OS/c1-3-9-20-14(11-5-7-12(16)8-6-11)18-19-15(20)22-10-13(21)17-4-2/h3,5-8H,1,4,9-10H2,2H3,(H,17,21). The number of allylic oxidation sites excluding steroid dienone is 1. The van der Waals surface area contributed by atoms with E-state index >= 15 is 0 Å². The number of thioether (sulfide) groups is 1. The monoisotopic (exact) mass is 336 g/mol. The van der Waals surface area contributed by atoms with Gasteiger partial charge in [-0.1, -0.05) is 29.4 Å². The van der Waals surface area contributed by atoms with Gasteiger partial charge < -0.3 is 5.32 Å². The maximum absolute atomic E-state index is 11.6. The van der Waals surface area contributed by atoms with Gasteiger partial charge in [0.15, 0.2) is 11.0 Å². The summed E-state index contributed by atoms with van der Waals surface area (Å²) in [6, 6.07) is 7.41. The third-order valence-electron chi connectivity index (χ3n) is 2.84. The molecule has 0 atom stereocenters. The van der Waals surface area contributed by atoms with Crippen molar-refractivity contribution in [2.45, 2.75) is 18.6 Å². The number of aromatic nitrogens is 3. The molecule has 2 rings (SSSR count). The quantitative estimate of drug-likeness (QED) is 0.623. The fraction of sp³-hybridized carbons (Fsp3) is 0.267. The van der Waals surface area contributed by atoms with Crippen molar-refractivity contribution in [2.75, 3.05) is 12.3 Å². The van der Waals surface area contributed by atoms with E-state index in [0.29, 0.717) is 29.0 Å². The Balaban J connectivity index is 2.23. The Morgan fingerprint density at radius 2 is 2.14 bits per heavy atom. The van der Waals surface area contributed by atoms with Gasteiger partial charge >= 0.3 is 0 Å². The van der Waals surface area contributed by atoms with Gasteiger partial charge in [-0.3, -0.25) is 9.36 Å². The van der Waals surface area contributed by atoms with Crippen LogP contribution >= 0.6 is 23.4 Å². The molecule has 7 heteroatoms. The molecule has 0 saturated heterocycles. The lowest BCUT2D eigenvalue weighted by Gasteiger charge is -2.07. The van der Waals surface area contributed by atoms with E-state index < -0.39 is 0 Å². The smallest absolute Gasteiger partial charge is 0.230 e. The molecule has 0 aliphatic rings. The van der Waals surface area contributed by atoms with Gasteiger partial charge in [0.2, 0.25) is 5.91 Å². The maximum atomic E-state index is 11.6. The van der Waals surface area contributed by atoms with Gasteiger partial charge in [0, 0.05) is 23.7 Å². The molecule has 0 fully saturated rings. The van der Waals surface area contributed by atoms with Gasteiger partial charge in [-0.2, -0.15) is 0 Å². The Bertz CT molecular complexity index is 654. The summed E-state index contributed by atoms with van der Waals surface area (Å²) < 4.78 is 1.93. The number of benzene rings is 1. The molecule has 1 amide bonds. The predicted molar refractivity (Wildman–Crippen MR) is 90.1 cm³/mol. The number of nitrogens with zero attached hydrogens (tertiary/aromatic N) is 3. The van der Waals surface area contributed by atoms with Gasteiger partial charge in [0.25, 0.3) is 0 Å². The molecule has 0 spiro atoms. The van der Waals surface area contributed by atoms with E-state index in [4.69, 9.17) is 11.6 Å². The summed E-state index contributed by atoms with van der Waals surface area (Å²) in [6.07, 6.45) is 1.78. The fourth-order valence-corrected chi connectivity index (χ4v) is 2.78. The summed E-state index contributed by atoms with van der Waals surface area (Å²) in [5.74, 6) is 1.02. The maximum Gasteiger partial charge on any atom is 0.230 e.